The van der Waals surface area contributed by atoms with Gasteiger partial charge in [-0.3, -0.25) is 0 Å². The second-order valence-electron chi connectivity index (χ2n) is 2.39. The van der Waals surface area contributed by atoms with Crippen molar-refractivity contribution < 1.29 is 9.53 Å². The van der Waals surface area contributed by atoms with Crippen LogP contribution in [-0.4, -0.2) is 13.1 Å². The Hall–Kier alpha value is -1.35. The Morgan fingerprint density at radius 1 is 1.12 bits per heavy atom. The van der Waals surface area contributed by atoms with Crippen LogP contribution in [0.2, 0.25) is 0 Å². The first-order valence-electron chi connectivity index (χ1n) is 5.65. The van der Waals surface area contributed by atoms with Crippen LogP contribution in [0.25, 0.3) is 0 Å². The minimum absolute atomic E-state index is 0.321. The molecule has 3 nitrogen and oxygen atoms in total. The maximum absolute atomic E-state index is 11.0. The zero-order valence-electron chi connectivity index (χ0n) is 10.9. The summed E-state index contributed by atoms with van der Waals surface area (Å²) in [7, 11) is 1.36. The molecule has 0 aliphatic rings. The van der Waals surface area contributed by atoms with Crippen LogP contribution in [0.1, 0.15) is 43.6 Å². The summed E-state index contributed by atoms with van der Waals surface area (Å²) in [5, 5.41) is 0. The number of carbonyl (C=O) groups is 1. The molecule has 0 radical (unpaired) electrons. The normalized spacial score (nSPS) is 7.88. The van der Waals surface area contributed by atoms with Crippen molar-refractivity contribution in [3.63, 3.8) is 0 Å². The highest BCUT2D eigenvalue weighted by Crippen LogP contribution is 2.04. The van der Waals surface area contributed by atoms with Gasteiger partial charge in [0, 0.05) is 6.54 Å². The lowest BCUT2D eigenvalue weighted by molar-refractivity contribution is 0.0600. The van der Waals surface area contributed by atoms with Crippen molar-refractivity contribution in [3.8, 4) is 0 Å². The molecule has 0 bridgehead atoms. The highest BCUT2D eigenvalue weighted by molar-refractivity contribution is 5.89. The van der Waals surface area contributed by atoms with Gasteiger partial charge in [-0.05, 0) is 17.7 Å². The first-order valence-corrected chi connectivity index (χ1v) is 5.65. The molecule has 0 aliphatic carbocycles. The average molecular weight is 225 g/mol. The summed E-state index contributed by atoms with van der Waals surface area (Å²) >= 11 is 0. The third kappa shape index (κ3) is 6.19. The van der Waals surface area contributed by atoms with Crippen molar-refractivity contribution in [3.05, 3.63) is 35.4 Å². The monoisotopic (exact) mass is 225 g/mol. The number of hydrogen-bond acceptors (Lipinski definition) is 3. The van der Waals surface area contributed by atoms with Crippen molar-refractivity contribution >= 4 is 5.97 Å². The van der Waals surface area contributed by atoms with Crippen molar-refractivity contribution in [2.45, 2.75) is 34.2 Å². The molecule has 1 aromatic carbocycles. The summed E-state index contributed by atoms with van der Waals surface area (Å²) in [4.78, 5) is 11.0. The first kappa shape index (κ1) is 17.1. The Morgan fingerprint density at radius 2 is 1.56 bits per heavy atom. The van der Waals surface area contributed by atoms with E-state index in [9.17, 15) is 4.79 Å². The van der Waals surface area contributed by atoms with E-state index < -0.39 is 0 Å². The van der Waals surface area contributed by atoms with Crippen LogP contribution in [0.4, 0.5) is 0 Å². The number of methoxy groups -OCH3 is 1. The van der Waals surface area contributed by atoms with Crippen molar-refractivity contribution in [2.75, 3.05) is 7.11 Å². The summed E-state index contributed by atoms with van der Waals surface area (Å²) in [6.07, 6.45) is 0. The SMILES string of the molecule is CC.CC.COC(=O)c1ccc(CN)cc1. The van der Waals surface area contributed by atoms with Gasteiger partial charge in [-0.1, -0.05) is 39.8 Å². The molecule has 0 saturated carbocycles. The van der Waals surface area contributed by atoms with Gasteiger partial charge in [0.25, 0.3) is 0 Å². The first-order chi connectivity index (χ1) is 7.77. The van der Waals surface area contributed by atoms with Gasteiger partial charge in [0.1, 0.15) is 0 Å². The largest absolute Gasteiger partial charge is 0.465 e. The number of esters is 1. The Balaban J connectivity index is 0. The highest BCUT2D eigenvalue weighted by atomic mass is 16.5. The highest BCUT2D eigenvalue weighted by Gasteiger charge is 2.02. The zero-order valence-corrected chi connectivity index (χ0v) is 10.9. The van der Waals surface area contributed by atoms with Gasteiger partial charge in [0.15, 0.2) is 0 Å². The molecule has 0 heterocycles. The van der Waals surface area contributed by atoms with E-state index in [1.54, 1.807) is 12.1 Å². The number of rotatable bonds is 2. The Kier molecular flexibility index (Phi) is 12.5. The standard InChI is InChI=1S/C9H11NO2.2C2H6/c1-12-9(11)8-4-2-7(6-10)3-5-8;2*1-2/h2-5H,6,10H2,1H3;2*1-2H3. The molecule has 0 unspecified atom stereocenters. The molecule has 3 heteroatoms. The van der Waals surface area contributed by atoms with Gasteiger partial charge in [-0.25, -0.2) is 4.79 Å². The number of hydrogen-bond donors (Lipinski definition) is 1. The summed E-state index contributed by atoms with van der Waals surface area (Å²) < 4.78 is 4.54. The second-order valence-corrected chi connectivity index (χ2v) is 2.39. The third-order valence-corrected chi connectivity index (χ3v) is 1.61. The summed E-state index contributed by atoms with van der Waals surface area (Å²) in [5.74, 6) is -0.321. The van der Waals surface area contributed by atoms with Gasteiger partial charge in [0.2, 0.25) is 0 Å². The van der Waals surface area contributed by atoms with E-state index in [-0.39, 0.29) is 5.97 Å². The number of nitrogens with two attached hydrogens (primary N) is 1. The van der Waals surface area contributed by atoms with Crippen molar-refractivity contribution in [1.82, 2.24) is 0 Å². The molecule has 1 aromatic rings. The lowest BCUT2D eigenvalue weighted by Crippen LogP contribution is -2.02. The van der Waals surface area contributed by atoms with E-state index in [0.717, 1.165) is 5.56 Å². The molecule has 0 aromatic heterocycles. The maximum Gasteiger partial charge on any atom is 0.337 e. The van der Waals surface area contributed by atoms with Gasteiger partial charge in [-0.15, -0.1) is 0 Å². The summed E-state index contributed by atoms with van der Waals surface area (Å²) in [6.45, 7) is 8.49. The van der Waals surface area contributed by atoms with Gasteiger partial charge < -0.3 is 10.5 Å². The minimum Gasteiger partial charge on any atom is -0.465 e. The lowest BCUT2D eigenvalue weighted by atomic mass is 10.1. The molecule has 92 valence electrons. The van der Waals surface area contributed by atoms with E-state index in [2.05, 4.69) is 4.74 Å². The predicted octanol–water partition coefficient (Wildman–Crippen LogP) is 2.98. The lowest BCUT2D eigenvalue weighted by Gasteiger charge is -1.99. The van der Waals surface area contributed by atoms with Gasteiger partial charge in [-0.2, -0.15) is 0 Å². The third-order valence-electron chi connectivity index (χ3n) is 1.61. The number of carbonyl (C=O) groups excluding carboxylic acids is 1. The molecule has 0 atom stereocenters. The average Bonchev–Trinajstić information content (AvgIpc) is 2.42. The van der Waals surface area contributed by atoms with E-state index in [0.29, 0.717) is 12.1 Å². The zero-order chi connectivity index (χ0) is 13.0. The summed E-state index contributed by atoms with van der Waals surface area (Å²) in [5.41, 5.74) is 6.95. The number of ether oxygens (including phenoxy) is 1. The van der Waals surface area contributed by atoms with Crippen LogP contribution in [-0.2, 0) is 11.3 Å². The molecule has 0 aliphatic heterocycles. The fraction of sp³-hybridized carbons (Fsp3) is 0.462. The van der Waals surface area contributed by atoms with E-state index in [4.69, 9.17) is 5.73 Å². The molecule has 0 amide bonds. The smallest absolute Gasteiger partial charge is 0.337 e. The molecule has 0 spiro atoms. The van der Waals surface area contributed by atoms with E-state index >= 15 is 0 Å². The van der Waals surface area contributed by atoms with Crippen LogP contribution in [0.3, 0.4) is 0 Å². The fourth-order valence-corrected chi connectivity index (χ4v) is 0.895. The Bertz CT molecular complexity index is 268. The Labute approximate surface area is 98.6 Å². The molecule has 1 rings (SSSR count). The molecule has 2 N–H and O–H groups in total. The van der Waals surface area contributed by atoms with E-state index in [1.165, 1.54) is 7.11 Å². The van der Waals surface area contributed by atoms with Crippen LogP contribution >= 0.6 is 0 Å². The van der Waals surface area contributed by atoms with Crippen LogP contribution < -0.4 is 5.73 Å². The maximum atomic E-state index is 11.0. The number of benzene rings is 1. The van der Waals surface area contributed by atoms with Gasteiger partial charge >= 0.3 is 5.97 Å². The van der Waals surface area contributed by atoms with Crippen molar-refractivity contribution in [2.24, 2.45) is 5.73 Å². The molecular weight excluding hydrogens is 202 g/mol. The molecule has 16 heavy (non-hydrogen) atoms. The van der Waals surface area contributed by atoms with Crippen molar-refractivity contribution in [1.29, 1.82) is 0 Å². The molecule has 0 fully saturated rings. The quantitative estimate of drug-likeness (QED) is 0.787. The topological polar surface area (TPSA) is 52.3 Å². The molecule has 0 saturated heterocycles. The fourth-order valence-electron chi connectivity index (χ4n) is 0.895. The second kappa shape index (κ2) is 11.7. The van der Waals surface area contributed by atoms with Crippen LogP contribution in [0.15, 0.2) is 24.3 Å². The summed E-state index contributed by atoms with van der Waals surface area (Å²) in [6, 6.07) is 7.03. The molecular formula is C13H23NO2. The van der Waals surface area contributed by atoms with Crippen LogP contribution in [0, 0.1) is 0 Å². The Morgan fingerprint density at radius 3 is 1.88 bits per heavy atom. The van der Waals surface area contributed by atoms with Gasteiger partial charge in [0.05, 0.1) is 12.7 Å². The predicted molar refractivity (Wildman–Crippen MR) is 68.4 cm³/mol. The van der Waals surface area contributed by atoms with E-state index in [1.807, 2.05) is 39.8 Å². The van der Waals surface area contributed by atoms with Crippen LogP contribution in [0.5, 0.6) is 0 Å². The minimum atomic E-state index is -0.321.